The normalized spacial score (nSPS) is 10.6. The predicted octanol–water partition coefficient (Wildman–Crippen LogP) is 3.93. The van der Waals surface area contributed by atoms with Gasteiger partial charge in [0, 0.05) is 18.8 Å². The van der Waals surface area contributed by atoms with Crippen molar-refractivity contribution in [2.45, 2.75) is 13.5 Å². The molecule has 0 aliphatic rings. The third kappa shape index (κ3) is 3.88. The van der Waals surface area contributed by atoms with Crippen molar-refractivity contribution in [1.29, 1.82) is 0 Å². The highest BCUT2D eigenvalue weighted by atomic mass is 79.9. The molecule has 0 amide bonds. The summed E-state index contributed by atoms with van der Waals surface area (Å²) in [4.78, 5) is 8.32. The number of rotatable bonds is 5. The molecule has 0 saturated heterocycles. The third-order valence-electron chi connectivity index (χ3n) is 2.41. The first-order chi connectivity index (χ1) is 9.60. The number of ether oxygens (including phenoxy) is 1. The van der Waals surface area contributed by atoms with E-state index < -0.39 is 5.82 Å². The van der Waals surface area contributed by atoms with Gasteiger partial charge in [0.15, 0.2) is 0 Å². The summed E-state index contributed by atoms with van der Waals surface area (Å²) in [6, 6.07) is 2.63. The molecule has 0 radical (unpaired) electrons. The molecule has 106 valence electrons. The van der Waals surface area contributed by atoms with Crippen molar-refractivity contribution in [2.24, 2.45) is 0 Å². The third-order valence-corrected chi connectivity index (χ3v) is 3.32. The van der Waals surface area contributed by atoms with E-state index in [0.29, 0.717) is 22.6 Å². The molecular weight excluding hydrogens is 349 g/mol. The van der Waals surface area contributed by atoms with E-state index in [2.05, 4.69) is 31.2 Å². The molecule has 2 rings (SSSR count). The zero-order chi connectivity index (χ0) is 14.5. The predicted molar refractivity (Wildman–Crippen MR) is 78.6 cm³/mol. The number of halogens is 3. The Morgan fingerprint density at radius 1 is 1.40 bits per heavy atom. The molecule has 0 unspecified atom stereocenters. The smallest absolute Gasteiger partial charge is 0.238 e. The fraction of sp³-hybridized carbons (Fsp3) is 0.231. The summed E-state index contributed by atoms with van der Waals surface area (Å²) in [6.45, 7) is 3.43. The van der Waals surface area contributed by atoms with Crippen LogP contribution in [-0.4, -0.2) is 16.5 Å². The molecule has 0 aliphatic heterocycles. The first-order valence-corrected chi connectivity index (χ1v) is 7.11. The van der Waals surface area contributed by atoms with E-state index >= 15 is 0 Å². The summed E-state index contributed by atoms with van der Waals surface area (Å²) < 4.78 is 19.5. The Hall–Kier alpha value is -1.24. The van der Waals surface area contributed by atoms with Crippen molar-refractivity contribution >= 4 is 27.5 Å². The molecule has 0 spiro atoms. The summed E-state index contributed by atoms with van der Waals surface area (Å²) in [5, 5.41) is 3.16. The molecule has 1 N–H and O–H groups in total. The van der Waals surface area contributed by atoms with Crippen LogP contribution in [0.1, 0.15) is 12.6 Å². The Balaban J connectivity index is 2.19. The van der Waals surface area contributed by atoms with Gasteiger partial charge in [-0.2, -0.15) is 0 Å². The van der Waals surface area contributed by atoms with E-state index in [4.69, 9.17) is 16.3 Å². The highest BCUT2D eigenvalue weighted by Crippen LogP contribution is 2.32. The van der Waals surface area contributed by atoms with Crippen LogP contribution in [0.25, 0.3) is 0 Å². The van der Waals surface area contributed by atoms with Gasteiger partial charge in [0.2, 0.25) is 5.88 Å². The van der Waals surface area contributed by atoms with E-state index in [0.717, 1.165) is 12.2 Å². The Kier molecular flexibility index (Phi) is 5.28. The topological polar surface area (TPSA) is 47.0 Å². The van der Waals surface area contributed by atoms with Crippen molar-refractivity contribution in [3.05, 3.63) is 45.5 Å². The number of benzene rings is 1. The van der Waals surface area contributed by atoms with Crippen LogP contribution in [0.15, 0.2) is 29.0 Å². The van der Waals surface area contributed by atoms with E-state index in [9.17, 15) is 4.39 Å². The van der Waals surface area contributed by atoms with Crippen LogP contribution in [0, 0.1) is 5.82 Å². The average molecular weight is 361 g/mol. The number of hydrogen-bond donors (Lipinski definition) is 1. The zero-order valence-electron chi connectivity index (χ0n) is 10.7. The van der Waals surface area contributed by atoms with Crippen LogP contribution in [0.5, 0.6) is 11.6 Å². The first-order valence-electron chi connectivity index (χ1n) is 5.94. The number of aromatic nitrogens is 2. The molecule has 0 bridgehead atoms. The molecule has 0 fully saturated rings. The number of nitrogens with zero attached hydrogens (tertiary/aromatic N) is 2. The van der Waals surface area contributed by atoms with Crippen LogP contribution in [-0.2, 0) is 6.54 Å². The van der Waals surface area contributed by atoms with Crippen molar-refractivity contribution < 1.29 is 9.13 Å². The minimum absolute atomic E-state index is 0.0243. The molecular formula is C13H12BrClFN3O. The molecule has 7 heteroatoms. The fourth-order valence-corrected chi connectivity index (χ4v) is 2.19. The van der Waals surface area contributed by atoms with Gasteiger partial charge >= 0.3 is 0 Å². The lowest BCUT2D eigenvalue weighted by molar-refractivity contribution is 0.449. The molecule has 1 heterocycles. The minimum atomic E-state index is -0.554. The highest BCUT2D eigenvalue weighted by Gasteiger charge is 2.10. The van der Waals surface area contributed by atoms with Gasteiger partial charge in [-0.25, -0.2) is 9.37 Å². The molecule has 1 aromatic carbocycles. The quantitative estimate of drug-likeness (QED) is 0.821. The minimum Gasteiger partial charge on any atom is -0.436 e. The van der Waals surface area contributed by atoms with Crippen LogP contribution in [0.4, 0.5) is 4.39 Å². The molecule has 0 saturated carbocycles. The maximum absolute atomic E-state index is 13.4. The molecule has 2 aromatic rings. The van der Waals surface area contributed by atoms with E-state index in [1.165, 1.54) is 18.3 Å². The molecule has 0 atom stereocenters. The summed E-state index contributed by atoms with van der Waals surface area (Å²) in [5.41, 5.74) is 0.745. The highest BCUT2D eigenvalue weighted by molar-refractivity contribution is 9.10. The van der Waals surface area contributed by atoms with E-state index in [1.807, 2.05) is 6.92 Å². The summed E-state index contributed by atoms with van der Waals surface area (Å²) in [6.07, 6.45) is 3.11. The first kappa shape index (κ1) is 15.2. The Morgan fingerprint density at radius 3 is 2.95 bits per heavy atom. The van der Waals surface area contributed by atoms with Crippen molar-refractivity contribution in [3.63, 3.8) is 0 Å². The monoisotopic (exact) mass is 359 g/mol. The van der Waals surface area contributed by atoms with Crippen LogP contribution in [0.3, 0.4) is 0 Å². The van der Waals surface area contributed by atoms with Gasteiger partial charge in [0.1, 0.15) is 11.6 Å². The Bertz CT molecular complexity index is 612. The molecule has 20 heavy (non-hydrogen) atoms. The fourth-order valence-electron chi connectivity index (χ4n) is 1.47. The molecule has 0 aliphatic carbocycles. The van der Waals surface area contributed by atoms with Crippen molar-refractivity contribution in [3.8, 4) is 11.6 Å². The summed E-state index contributed by atoms with van der Waals surface area (Å²) in [5.74, 6) is 0.0336. The average Bonchev–Trinajstić information content (AvgIpc) is 2.43. The largest absolute Gasteiger partial charge is 0.436 e. The standard InChI is InChI=1S/C13H12BrClFN3O/c1-2-17-5-8-6-18-7-13(19-8)20-12-4-11(16)10(15)3-9(12)14/h3-4,6-7,17H,2,5H2,1H3. The Morgan fingerprint density at radius 2 is 2.20 bits per heavy atom. The van der Waals surface area contributed by atoms with Crippen LogP contribution in [0.2, 0.25) is 5.02 Å². The number of nitrogens with one attached hydrogen (secondary N) is 1. The molecule has 1 aromatic heterocycles. The van der Waals surface area contributed by atoms with E-state index in [1.54, 1.807) is 6.20 Å². The van der Waals surface area contributed by atoms with Crippen LogP contribution < -0.4 is 10.1 Å². The summed E-state index contributed by atoms with van der Waals surface area (Å²) in [7, 11) is 0. The van der Waals surface area contributed by atoms with Gasteiger partial charge in [0.25, 0.3) is 0 Å². The summed E-state index contributed by atoms with van der Waals surface area (Å²) >= 11 is 8.94. The van der Waals surface area contributed by atoms with Gasteiger partial charge in [0.05, 0.1) is 21.4 Å². The van der Waals surface area contributed by atoms with E-state index in [-0.39, 0.29) is 5.02 Å². The van der Waals surface area contributed by atoms with Gasteiger partial charge < -0.3 is 10.1 Å². The lowest BCUT2D eigenvalue weighted by Crippen LogP contribution is -2.13. The van der Waals surface area contributed by atoms with Crippen LogP contribution >= 0.6 is 27.5 Å². The van der Waals surface area contributed by atoms with Crippen molar-refractivity contribution in [1.82, 2.24) is 15.3 Å². The maximum Gasteiger partial charge on any atom is 0.238 e. The van der Waals surface area contributed by atoms with Gasteiger partial charge in [-0.1, -0.05) is 18.5 Å². The lowest BCUT2D eigenvalue weighted by atomic mass is 10.3. The maximum atomic E-state index is 13.4. The molecule has 4 nitrogen and oxygen atoms in total. The van der Waals surface area contributed by atoms with Gasteiger partial charge in [-0.15, -0.1) is 0 Å². The lowest BCUT2D eigenvalue weighted by Gasteiger charge is -2.08. The zero-order valence-corrected chi connectivity index (χ0v) is 13.0. The second kappa shape index (κ2) is 6.97. The Labute approximate surface area is 129 Å². The second-order valence-electron chi connectivity index (χ2n) is 3.93. The van der Waals surface area contributed by atoms with Gasteiger partial charge in [-0.3, -0.25) is 4.98 Å². The second-order valence-corrected chi connectivity index (χ2v) is 5.19. The SMILES string of the molecule is CCNCc1cncc(Oc2cc(F)c(Cl)cc2Br)n1. The van der Waals surface area contributed by atoms with Crippen molar-refractivity contribution in [2.75, 3.05) is 6.54 Å². The number of hydrogen-bond acceptors (Lipinski definition) is 4. The van der Waals surface area contributed by atoms with Gasteiger partial charge in [-0.05, 0) is 28.5 Å².